The summed E-state index contributed by atoms with van der Waals surface area (Å²) in [5.41, 5.74) is 4.90. The molecule has 0 spiro atoms. The number of para-hydroxylation sites is 1. The van der Waals surface area contributed by atoms with E-state index in [1.807, 2.05) is 0 Å². The minimum atomic E-state index is -0.684. The number of carbonyl (C=O) groups is 2. The number of benzene rings is 2. The maximum absolute atomic E-state index is 12.7. The number of rotatable bonds is 5. The van der Waals surface area contributed by atoms with Gasteiger partial charge in [0.05, 0.1) is 18.1 Å². The van der Waals surface area contributed by atoms with E-state index in [4.69, 9.17) is 9.26 Å². The van der Waals surface area contributed by atoms with Crippen molar-refractivity contribution in [3.05, 3.63) is 76.3 Å². The van der Waals surface area contributed by atoms with Crippen LogP contribution in [0.5, 0.6) is 5.75 Å². The largest absolute Gasteiger partial charge is 0.496 e. The number of ether oxygens (including phenoxy) is 1. The predicted molar refractivity (Wildman–Crippen MR) is 115 cm³/mol. The number of nitrogens with one attached hydrogen (secondary N) is 2. The topological polar surface area (TPSA) is 128 Å². The van der Waals surface area contributed by atoms with E-state index in [1.165, 1.54) is 17.9 Å². The molecule has 10 nitrogen and oxygen atoms in total. The van der Waals surface area contributed by atoms with E-state index in [9.17, 15) is 14.4 Å². The van der Waals surface area contributed by atoms with Crippen molar-refractivity contribution >= 4 is 22.6 Å². The fourth-order valence-electron chi connectivity index (χ4n) is 3.21. The van der Waals surface area contributed by atoms with Crippen molar-refractivity contribution in [2.75, 3.05) is 7.11 Å². The van der Waals surface area contributed by atoms with Crippen molar-refractivity contribution in [1.29, 1.82) is 0 Å². The molecule has 0 aliphatic heterocycles. The van der Waals surface area contributed by atoms with E-state index < -0.39 is 11.8 Å². The summed E-state index contributed by atoms with van der Waals surface area (Å²) < 4.78 is 11.7. The third-order valence-electron chi connectivity index (χ3n) is 4.79. The van der Waals surface area contributed by atoms with Gasteiger partial charge in [-0.05, 0) is 25.1 Å². The zero-order chi connectivity index (χ0) is 22.7. The van der Waals surface area contributed by atoms with Crippen LogP contribution in [0.25, 0.3) is 22.1 Å². The van der Waals surface area contributed by atoms with Gasteiger partial charge in [0.1, 0.15) is 5.75 Å². The SMILES string of the molecule is CCn1nc(C(=O)NNC(=O)c2cc(-c3ccccc3OC)on2)c2ccccc2c1=O. The van der Waals surface area contributed by atoms with Crippen molar-refractivity contribution in [2.45, 2.75) is 13.5 Å². The summed E-state index contributed by atoms with van der Waals surface area (Å²) in [4.78, 5) is 37.6. The molecule has 162 valence electrons. The van der Waals surface area contributed by atoms with Crippen LogP contribution in [0.15, 0.2) is 63.9 Å². The Labute approximate surface area is 181 Å². The van der Waals surface area contributed by atoms with Crippen molar-refractivity contribution in [3.8, 4) is 17.1 Å². The number of hydrogen-bond donors (Lipinski definition) is 2. The van der Waals surface area contributed by atoms with Gasteiger partial charge in [-0.25, -0.2) is 4.68 Å². The molecule has 0 saturated heterocycles. The van der Waals surface area contributed by atoms with Crippen molar-refractivity contribution < 1.29 is 18.8 Å². The maximum Gasteiger partial charge on any atom is 0.291 e. The van der Waals surface area contributed by atoms with E-state index in [1.54, 1.807) is 55.5 Å². The van der Waals surface area contributed by atoms with Crippen molar-refractivity contribution in [3.63, 3.8) is 0 Å². The number of nitrogens with zero attached hydrogens (tertiary/aromatic N) is 3. The van der Waals surface area contributed by atoms with E-state index in [0.717, 1.165) is 0 Å². The van der Waals surface area contributed by atoms with Crippen molar-refractivity contribution in [1.82, 2.24) is 25.8 Å². The van der Waals surface area contributed by atoms with Crippen LogP contribution in [0.4, 0.5) is 0 Å². The number of carbonyl (C=O) groups excluding carboxylic acids is 2. The summed E-state index contributed by atoms with van der Waals surface area (Å²) >= 11 is 0. The van der Waals surface area contributed by atoms with Crippen LogP contribution in [0.3, 0.4) is 0 Å². The lowest BCUT2D eigenvalue weighted by Gasteiger charge is -2.10. The maximum atomic E-state index is 12.7. The molecule has 2 N–H and O–H groups in total. The summed E-state index contributed by atoms with van der Waals surface area (Å²) in [6.45, 7) is 2.04. The fraction of sp³-hybridized carbons (Fsp3) is 0.136. The van der Waals surface area contributed by atoms with E-state index in [2.05, 4.69) is 21.1 Å². The minimum absolute atomic E-state index is 0.0113. The van der Waals surface area contributed by atoms with E-state index in [0.29, 0.717) is 34.4 Å². The molecule has 0 atom stereocenters. The predicted octanol–water partition coefficient (Wildman–Crippen LogP) is 2.15. The van der Waals surface area contributed by atoms with Gasteiger partial charge in [0.2, 0.25) is 0 Å². The highest BCUT2D eigenvalue weighted by Gasteiger charge is 2.19. The molecule has 0 bridgehead atoms. The molecule has 10 heteroatoms. The molecule has 4 rings (SSSR count). The molecule has 0 fully saturated rings. The van der Waals surface area contributed by atoms with E-state index in [-0.39, 0.29) is 16.9 Å². The number of hydrazine groups is 1. The second kappa shape index (κ2) is 8.72. The fourth-order valence-corrected chi connectivity index (χ4v) is 3.21. The molecule has 0 radical (unpaired) electrons. The lowest BCUT2D eigenvalue weighted by atomic mass is 10.1. The Hall–Kier alpha value is -4.47. The second-order valence-electron chi connectivity index (χ2n) is 6.70. The van der Waals surface area contributed by atoms with Gasteiger partial charge >= 0.3 is 0 Å². The first-order valence-corrected chi connectivity index (χ1v) is 9.74. The Kier molecular flexibility index (Phi) is 5.67. The molecule has 2 heterocycles. The minimum Gasteiger partial charge on any atom is -0.496 e. The first-order chi connectivity index (χ1) is 15.5. The van der Waals surface area contributed by atoms with Gasteiger partial charge in [0, 0.05) is 18.0 Å². The second-order valence-corrected chi connectivity index (χ2v) is 6.70. The first-order valence-electron chi connectivity index (χ1n) is 9.74. The van der Waals surface area contributed by atoms with Gasteiger partial charge in [-0.15, -0.1) is 0 Å². The summed E-state index contributed by atoms with van der Waals surface area (Å²) in [6.07, 6.45) is 0. The van der Waals surface area contributed by atoms with Crippen LogP contribution in [0.1, 0.15) is 27.9 Å². The van der Waals surface area contributed by atoms with Crippen LogP contribution >= 0.6 is 0 Å². The molecule has 2 amide bonds. The molecular weight excluding hydrogens is 414 g/mol. The number of amides is 2. The first kappa shape index (κ1) is 20.8. The highest BCUT2D eigenvalue weighted by Crippen LogP contribution is 2.29. The third kappa shape index (κ3) is 3.81. The Bertz CT molecular complexity index is 1370. The summed E-state index contributed by atoms with van der Waals surface area (Å²) in [7, 11) is 1.53. The van der Waals surface area contributed by atoms with Gasteiger partial charge in [0.15, 0.2) is 17.1 Å². The zero-order valence-electron chi connectivity index (χ0n) is 17.3. The number of hydrogen-bond acceptors (Lipinski definition) is 7. The van der Waals surface area contributed by atoms with Crippen LogP contribution in [0.2, 0.25) is 0 Å². The quantitative estimate of drug-likeness (QED) is 0.462. The van der Waals surface area contributed by atoms with Crippen LogP contribution in [-0.4, -0.2) is 33.9 Å². The zero-order valence-corrected chi connectivity index (χ0v) is 17.3. The van der Waals surface area contributed by atoms with Crippen LogP contribution in [-0.2, 0) is 6.54 Å². The van der Waals surface area contributed by atoms with Crippen molar-refractivity contribution in [2.24, 2.45) is 0 Å². The van der Waals surface area contributed by atoms with Crippen LogP contribution < -0.4 is 21.1 Å². The Morgan fingerprint density at radius 1 is 1.03 bits per heavy atom. The normalized spacial score (nSPS) is 10.7. The Morgan fingerprint density at radius 2 is 1.72 bits per heavy atom. The molecule has 0 aliphatic carbocycles. The number of fused-ring (bicyclic) bond motifs is 1. The van der Waals surface area contributed by atoms with Gasteiger partial charge < -0.3 is 9.26 Å². The monoisotopic (exact) mass is 433 g/mol. The highest BCUT2D eigenvalue weighted by molar-refractivity contribution is 6.05. The molecule has 4 aromatic rings. The average Bonchev–Trinajstić information content (AvgIpc) is 3.33. The number of aromatic nitrogens is 3. The summed E-state index contributed by atoms with van der Waals surface area (Å²) in [5.74, 6) is -0.462. The van der Waals surface area contributed by atoms with Gasteiger partial charge in [-0.1, -0.05) is 35.5 Å². The Balaban J connectivity index is 1.53. The number of methoxy groups -OCH3 is 1. The third-order valence-corrected chi connectivity index (χ3v) is 4.79. The molecule has 2 aromatic carbocycles. The molecule has 0 saturated carbocycles. The molecule has 32 heavy (non-hydrogen) atoms. The van der Waals surface area contributed by atoms with E-state index >= 15 is 0 Å². The smallest absolute Gasteiger partial charge is 0.291 e. The molecular formula is C22H19N5O5. The average molecular weight is 433 g/mol. The van der Waals surface area contributed by atoms with Gasteiger partial charge in [-0.2, -0.15) is 5.10 Å². The van der Waals surface area contributed by atoms with Crippen LogP contribution in [0, 0.1) is 0 Å². The summed E-state index contributed by atoms with van der Waals surface area (Å²) in [6, 6.07) is 15.2. The lowest BCUT2D eigenvalue weighted by Crippen LogP contribution is -2.43. The standard InChI is InChI=1S/C22H19N5O5/c1-3-27-22(30)14-9-5-4-8-13(14)19(25-27)21(29)24-23-20(28)16-12-18(32-26-16)15-10-6-7-11-17(15)31-2/h4-12H,3H2,1-2H3,(H,23,28)(H,24,29). The molecule has 0 unspecified atom stereocenters. The lowest BCUT2D eigenvalue weighted by molar-refractivity contribution is 0.0838. The number of aryl methyl sites for hydroxylation is 1. The van der Waals surface area contributed by atoms with Gasteiger partial charge in [0.25, 0.3) is 17.4 Å². The molecule has 2 aromatic heterocycles. The molecule has 0 aliphatic rings. The summed E-state index contributed by atoms with van der Waals surface area (Å²) in [5, 5.41) is 8.62. The Morgan fingerprint density at radius 3 is 2.47 bits per heavy atom. The van der Waals surface area contributed by atoms with Gasteiger partial charge in [-0.3, -0.25) is 25.2 Å². The highest BCUT2D eigenvalue weighted by atomic mass is 16.5.